The highest BCUT2D eigenvalue weighted by molar-refractivity contribution is 5.32. The number of nitrogens with one attached hydrogen (secondary N) is 1. The molecule has 0 fully saturated rings. The van der Waals surface area contributed by atoms with Gasteiger partial charge in [-0.3, -0.25) is 16.3 Å². The predicted molar refractivity (Wildman–Crippen MR) is 51.1 cm³/mol. The van der Waals surface area contributed by atoms with Gasteiger partial charge in [0.15, 0.2) is 0 Å². The number of nitrogens with two attached hydrogens (primary N) is 1. The Morgan fingerprint density at radius 3 is 3.00 bits per heavy atom. The van der Waals surface area contributed by atoms with E-state index in [0.717, 1.165) is 17.7 Å². The van der Waals surface area contributed by atoms with Gasteiger partial charge < -0.3 is 4.74 Å². The maximum absolute atomic E-state index is 5.41. The lowest BCUT2D eigenvalue weighted by Crippen LogP contribution is -2.27. The Kier molecular flexibility index (Phi) is 3.67. The Bertz CT molecular complexity index is 261. The first-order chi connectivity index (χ1) is 6.33. The van der Waals surface area contributed by atoms with Crippen molar-refractivity contribution in [1.29, 1.82) is 0 Å². The largest absolute Gasteiger partial charge is 0.495 e. The number of hydrazine groups is 1. The number of nitrogens with zero attached hydrogens (tertiary/aromatic N) is 1. The van der Waals surface area contributed by atoms with E-state index in [0.29, 0.717) is 0 Å². The summed E-state index contributed by atoms with van der Waals surface area (Å²) in [7, 11) is 1.63. The third-order valence-corrected chi connectivity index (χ3v) is 2.02. The van der Waals surface area contributed by atoms with Crippen molar-refractivity contribution in [2.24, 2.45) is 5.84 Å². The number of methoxy groups -OCH3 is 1. The molecule has 1 unspecified atom stereocenters. The van der Waals surface area contributed by atoms with Crippen molar-refractivity contribution in [2.75, 3.05) is 7.11 Å². The molecule has 4 heteroatoms. The molecule has 0 bridgehead atoms. The van der Waals surface area contributed by atoms with Crippen molar-refractivity contribution >= 4 is 0 Å². The fourth-order valence-corrected chi connectivity index (χ4v) is 1.28. The molecular weight excluding hydrogens is 166 g/mol. The molecule has 0 spiro atoms. The van der Waals surface area contributed by atoms with Crippen LogP contribution in [0.2, 0.25) is 0 Å². The topological polar surface area (TPSA) is 60.2 Å². The van der Waals surface area contributed by atoms with Gasteiger partial charge in [-0.1, -0.05) is 6.92 Å². The van der Waals surface area contributed by atoms with Crippen molar-refractivity contribution < 1.29 is 4.74 Å². The molecule has 0 saturated carbocycles. The first-order valence-electron chi connectivity index (χ1n) is 4.27. The summed E-state index contributed by atoms with van der Waals surface area (Å²) in [6.45, 7) is 2.06. The zero-order chi connectivity index (χ0) is 9.68. The summed E-state index contributed by atoms with van der Waals surface area (Å²) in [5, 5.41) is 0. The van der Waals surface area contributed by atoms with E-state index in [1.165, 1.54) is 0 Å². The van der Waals surface area contributed by atoms with Crippen LogP contribution < -0.4 is 16.0 Å². The van der Waals surface area contributed by atoms with Gasteiger partial charge in [0.2, 0.25) is 0 Å². The molecule has 4 nitrogen and oxygen atoms in total. The van der Waals surface area contributed by atoms with Gasteiger partial charge in [0, 0.05) is 17.8 Å². The minimum absolute atomic E-state index is 0.123. The second kappa shape index (κ2) is 4.79. The van der Waals surface area contributed by atoms with Gasteiger partial charge >= 0.3 is 0 Å². The van der Waals surface area contributed by atoms with Crippen LogP contribution in [0, 0.1) is 0 Å². The first-order valence-corrected chi connectivity index (χ1v) is 4.27. The van der Waals surface area contributed by atoms with Crippen molar-refractivity contribution in [2.45, 2.75) is 19.4 Å². The molecule has 0 aliphatic rings. The maximum atomic E-state index is 5.41. The SMILES string of the molecule is CCC(NN)c1ccncc1OC. The number of ether oxygens (including phenoxy) is 1. The third-order valence-electron chi connectivity index (χ3n) is 2.02. The molecule has 72 valence electrons. The fourth-order valence-electron chi connectivity index (χ4n) is 1.28. The van der Waals surface area contributed by atoms with Gasteiger partial charge in [-0.2, -0.15) is 0 Å². The Labute approximate surface area is 78.1 Å². The van der Waals surface area contributed by atoms with E-state index in [1.54, 1.807) is 19.5 Å². The molecule has 13 heavy (non-hydrogen) atoms. The molecule has 0 aliphatic heterocycles. The van der Waals surface area contributed by atoms with Gasteiger partial charge in [0.1, 0.15) is 5.75 Å². The molecule has 1 atom stereocenters. The minimum Gasteiger partial charge on any atom is -0.495 e. The molecule has 0 saturated heterocycles. The molecule has 1 aromatic rings. The molecule has 1 rings (SSSR count). The Morgan fingerprint density at radius 1 is 1.69 bits per heavy atom. The van der Waals surface area contributed by atoms with E-state index in [2.05, 4.69) is 17.3 Å². The average molecular weight is 181 g/mol. The van der Waals surface area contributed by atoms with E-state index >= 15 is 0 Å². The van der Waals surface area contributed by atoms with Crippen LogP contribution in [0.5, 0.6) is 5.75 Å². The molecule has 3 N–H and O–H groups in total. The lowest BCUT2D eigenvalue weighted by atomic mass is 10.1. The van der Waals surface area contributed by atoms with Crippen molar-refractivity contribution in [3.63, 3.8) is 0 Å². The number of aromatic nitrogens is 1. The summed E-state index contributed by atoms with van der Waals surface area (Å²) in [5.41, 5.74) is 3.78. The van der Waals surface area contributed by atoms with E-state index in [9.17, 15) is 0 Å². The van der Waals surface area contributed by atoms with Crippen LogP contribution in [0.25, 0.3) is 0 Å². The van der Waals surface area contributed by atoms with Crippen LogP contribution in [0.1, 0.15) is 24.9 Å². The molecule has 0 aromatic carbocycles. The van der Waals surface area contributed by atoms with Crippen molar-refractivity contribution in [1.82, 2.24) is 10.4 Å². The number of rotatable bonds is 4. The second-order valence-corrected chi connectivity index (χ2v) is 2.75. The highest BCUT2D eigenvalue weighted by Gasteiger charge is 2.11. The van der Waals surface area contributed by atoms with Crippen LogP contribution in [0.15, 0.2) is 18.5 Å². The third kappa shape index (κ3) is 2.17. The van der Waals surface area contributed by atoms with Crippen molar-refractivity contribution in [3.8, 4) is 5.75 Å². The molecule has 0 radical (unpaired) electrons. The lowest BCUT2D eigenvalue weighted by molar-refractivity contribution is 0.396. The van der Waals surface area contributed by atoms with Crippen LogP contribution in [-0.4, -0.2) is 12.1 Å². The van der Waals surface area contributed by atoms with Gasteiger partial charge in [0.25, 0.3) is 0 Å². The normalized spacial score (nSPS) is 12.5. The zero-order valence-corrected chi connectivity index (χ0v) is 7.95. The number of hydrogen-bond donors (Lipinski definition) is 2. The summed E-state index contributed by atoms with van der Waals surface area (Å²) in [5.74, 6) is 6.18. The van der Waals surface area contributed by atoms with Crippen molar-refractivity contribution in [3.05, 3.63) is 24.0 Å². The van der Waals surface area contributed by atoms with E-state index in [4.69, 9.17) is 10.6 Å². The van der Waals surface area contributed by atoms with Gasteiger partial charge in [-0.15, -0.1) is 0 Å². The smallest absolute Gasteiger partial charge is 0.141 e. The highest BCUT2D eigenvalue weighted by atomic mass is 16.5. The summed E-state index contributed by atoms with van der Waals surface area (Å²) in [6.07, 6.45) is 4.34. The van der Waals surface area contributed by atoms with Gasteiger partial charge in [-0.25, -0.2) is 0 Å². The number of hydrogen-bond acceptors (Lipinski definition) is 4. The van der Waals surface area contributed by atoms with Gasteiger partial charge in [0.05, 0.1) is 13.3 Å². The summed E-state index contributed by atoms with van der Waals surface area (Å²) >= 11 is 0. The summed E-state index contributed by atoms with van der Waals surface area (Å²) in [4.78, 5) is 3.97. The standard InChI is InChI=1S/C9H15N3O/c1-3-8(12-10)7-4-5-11-6-9(7)13-2/h4-6,8,12H,3,10H2,1-2H3. The molecule has 1 aromatic heterocycles. The van der Waals surface area contributed by atoms with Crippen LogP contribution in [-0.2, 0) is 0 Å². The minimum atomic E-state index is 0.123. The first kappa shape index (κ1) is 9.95. The Hall–Kier alpha value is -1.13. The lowest BCUT2D eigenvalue weighted by Gasteiger charge is -2.16. The molecule has 0 aliphatic carbocycles. The second-order valence-electron chi connectivity index (χ2n) is 2.75. The fraction of sp³-hybridized carbons (Fsp3) is 0.444. The zero-order valence-electron chi connectivity index (χ0n) is 7.95. The number of pyridine rings is 1. The Balaban J connectivity index is 2.96. The van der Waals surface area contributed by atoms with Crippen LogP contribution in [0.3, 0.4) is 0 Å². The van der Waals surface area contributed by atoms with Gasteiger partial charge in [-0.05, 0) is 12.5 Å². The maximum Gasteiger partial charge on any atom is 0.141 e. The monoisotopic (exact) mass is 181 g/mol. The van der Waals surface area contributed by atoms with E-state index in [-0.39, 0.29) is 6.04 Å². The summed E-state index contributed by atoms with van der Waals surface area (Å²) in [6, 6.07) is 2.03. The van der Waals surface area contributed by atoms with E-state index in [1.807, 2.05) is 6.07 Å². The molecule has 0 amide bonds. The highest BCUT2D eigenvalue weighted by Crippen LogP contribution is 2.24. The summed E-state index contributed by atoms with van der Waals surface area (Å²) < 4.78 is 5.17. The average Bonchev–Trinajstić information content (AvgIpc) is 2.20. The predicted octanol–water partition coefficient (Wildman–Crippen LogP) is 1.00. The van der Waals surface area contributed by atoms with E-state index < -0.39 is 0 Å². The van der Waals surface area contributed by atoms with Crippen LogP contribution in [0.4, 0.5) is 0 Å². The Morgan fingerprint density at radius 2 is 2.46 bits per heavy atom. The molecular formula is C9H15N3O. The molecule has 1 heterocycles. The van der Waals surface area contributed by atoms with Crippen LogP contribution >= 0.6 is 0 Å². The quantitative estimate of drug-likeness (QED) is 0.537.